The smallest absolute Gasteiger partial charge is 0.308 e. The van der Waals surface area contributed by atoms with Crippen LogP contribution >= 0.6 is 0 Å². The van der Waals surface area contributed by atoms with Crippen molar-refractivity contribution in [2.75, 3.05) is 6.26 Å². The van der Waals surface area contributed by atoms with Crippen LogP contribution in [-0.4, -0.2) is 50.1 Å². The predicted molar refractivity (Wildman–Crippen MR) is 87.5 cm³/mol. The van der Waals surface area contributed by atoms with Gasteiger partial charge in [0.2, 0.25) is 11.8 Å². The SMILES string of the molecule is CC(C)(C)OC(=O)C[C@@H](/C=C/S(C)(=O)=O)NC(=O)[C@H]1CCC(=O)N1. The van der Waals surface area contributed by atoms with E-state index in [1.165, 1.54) is 6.08 Å². The Morgan fingerprint density at radius 1 is 1.42 bits per heavy atom. The maximum Gasteiger partial charge on any atom is 0.308 e. The second-order valence-electron chi connectivity index (χ2n) is 6.72. The third-order valence-electron chi connectivity index (χ3n) is 3.00. The van der Waals surface area contributed by atoms with Crippen molar-refractivity contribution in [2.45, 2.75) is 57.7 Å². The van der Waals surface area contributed by atoms with Crippen LogP contribution in [0, 0.1) is 0 Å². The molecule has 2 atom stereocenters. The number of carbonyl (C=O) groups is 3. The second-order valence-corrected chi connectivity index (χ2v) is 8.65. The second kappa shape index (κ2) is 7.78. The van der Waals surface area contributed by atoms with Crippen molar-refractivity contribution in [3.05, 3.63) is 11.5 Å². The lowest BCUT2D eigenvalue weighted by molar-refractivity contribution is -0.155. The molecule has 0 aromatic heterocycles. The molecule has 1 aliphatic rings. The van der Waals surface area contributed by atoms with Gasteiger partial charge in [0.1, 0.15) is 11.6 Å². The molecule has 0 aliphatic carbocycles. The minimum atomic E-state index is -3.41. The van der Waals surface area contributed by atoms with Gasteiger partial charge in [0.15, 0.2) is 9.84 Å². The Hall–Kier alpha value is -1.90. The van der Waals surface area contributed by atoms with Gasteiger partial charge in [-0.15, -0.1) is 0 Å². The van der Waals surface area contributed by atoms with E-state index in [2.05, 4.69) is 10.6 Å². The molecule has 136 valence electrons. The summed E-state index contributed by atoms with van der Waals surface area (Å²) in [6, 6.07) is -1.52. The fourth-order valence-corrected chi connectivity index (χ4v) is 2.54. The molecule has 1 aliphatic heterocycles. The molecular weight excluding hydrogens is 336 g/mol. The highest BCUT2D eigenvalue weighted by Gasteiger charge is 2.29. The van der Waals surface area contributed by atoms with Crippen LogP contribution in [0.2, 0.25) is 0 Å². The molecule has 0 unspecified atom stereocenters. The van der Waals surface area contributed by atoms with Crippen molar-refractivity contribution in [1.29, 1.82) is 0 Å². The molecule has 0 saturated carbocycles. The first-order valence-electron chi connectivity index (χ1n) is 7.55. The zero-order valence-electron chi connectivity index (χ0n) is 14.3. The van der Waals surface area contributed by atoms with Crippen LogP contribution in [0.1, 0.15) is 40.0 Å². The highest BCUT2D eigenvalue weighted by molar-refractivity contribution is 7.93. The minimum absolute atomic E-state index is 0.213. The number of esters is 1. The van der Waals surface area contributed by atoms with Crippen LogP contribution in [0.25, 0.3) is 0 Å². The van der Waals surface area contributed by atoms with Crippen molar-refractivity contribution >= 4 is 27.6 Å². The van der Waals surface area contributed by atoms with Crippen LogP contribution in [-0.2, 0) is 29.0 Å². The Labute approximate surface area is 141 Å². The normalized spacial score (nSPS) is 19.8. The average Bonchev–Trinajstić information content (AvgIpc) is 2.79. The van der Waals surface area contributed by atoms with Crippen molar-refractivity contribution < 1.29 is 27.5 Å². The molecule has 9 heteroatoms. The monoisotopic (exact) mass is 360 g/mol. The largest absolute Gasteiger partial charge is 0.460 e. The molecule has 8 nitrogen and oxygen atoms in total. The molecule has 0 radical (unpaired) electrons. The topological polar surface area (TPSA) is 119 Å². The van der Waals surface area contributed by atoms with E-state index in [-0.39, 0.29) is 18.7 Å². The van der Waals surface area contributed by atoms with Crippen LogP contribution in [0.5, 0.6) is 0 Å². The lowest BCUT2D eigenvalue weighted by atomic mass is 10.1. The van der Waals surface area contributed by atoms with Gasteiger partial charge < -0.3 is 15.4 Å². The average molecular weight is 360 g/mol. The van der Waals surface area contributed by atoms with Gasteiger partial charge in [-0.25, -0.2) is 8.42 Å². The fraction of sp³-hybridized carbons (Fsp3) is 0.667. The van der Waals surface area contributed by atoms with Gasteiger partial charge in [0, 0.05) is 18.1 Å². The molecule has 0 spiro atoms. The van der Waals surface area contributed by atoms with Gasteiger partial charge in [0.25, 0.3) is 0 Å². The number of hydrogen-bond acceptors (Lipinski definition) is 6. The van der Waals surface area contributed by atoms with E-state index in [1.807, 2.05) is 0 Å². The number of ether oxygens (including phenoxy) is 1. The molecule has 1 rings (SSSR count). The molecule has 1 fully saturated rings. The van der Waals surface area contributed by atoms with Crippen molar-refractivity contribution in [1.82, 2.24) is 10.6 Å². The van der Waals surface area contributed by atoms with E-state index in [9.17, 15) is 22.8 Å². The van der Waals surface area contributed by atoms with E-state index in [4.69, 9.17) is 4.74 Å². The molecule has 2 N–H and O–H groups in total. The summed E-state index contributed by atoms with van der Waals surface area (Å²) < 4.78 is 27.7. The van der Waals surface area contributed by atoms with Gasteiger partial charge in [0.05, 0.1) is 12.5 Å². The summed E-state index contributed by atoms with van der Waals surface area (Å²) in [6.45, 7) is 5.12. The van der Waals surface area contributed by atoms with Crippen molar-refractivity contribution in [3.63, 3.8) is 0 Å². The van der Waals surface area contributed by atoms with E-state index < -0.39 is 39.4 Å². The number of rotatable bonds is 6. The maximum atomic E-state index is 12.1. The van der Waals surface area contributed by atoms with Crippen LogP contribution in [0.15, 0.2) is 11.5 Å². The van der Waals surface area contributed by atoms with E-state index in [0.717, 1.165) is 11.7 Å². The molecule has 0 bridgehead atoms. The first kappa shape index (κ1) is 20.1. The third-order valence-corrected chi connectivity index (χ3v) is 3.66. The lowest BCUT2D eigenvalue weighted by Gasteiger charge is -2.22. The Morgan fingerprint density at radius 2 is 2.04 bits per heavy atom. The first-order valence-corrected chi connectivity index (χ1v) is 9.51. The van der Waals surface area contributed by atoms with Gasteiger partial charge in [-0.3, -0.25) is 14.4 Å². The highest BCUT2D eigenvalue weighted by atomic mass is 32.2. The number of nitrogens with one attached hydrogen (secondary N) is 2. The minimum Gasteiger partial charge on any atom is -0.460 e. The zero-order chi connectivity index (χ0) is 18.5. The summed E-state index contributed by atoms with van der Waals surface area (Å²) in [7, 11) is -3.41. The standard InChI is InChI=1S/C15H24N2O6S/c1-15(2,3)23-13(19)9-10(7-8-24(4,21)22)16-14(20)11-5-6-12(18)17-11/h7-8,10-11H,5-6,9H2,1-4H3,(H,16,20)(H,17,18)/b8-7+/t10-,11-/m1/s1. The number of sulfone groups is 1. The molecule has 0 aromatic rings. The molecule has 24 heavy (non-hydrogen) atoms. The van der Waals surface area contributed by atoms with Gasteiger partial charge in [-0.05, 0) is 27.2 Å². The Kier molecular flexibility index (Phi) is 6.53. The number of hydrogen-bond donors (Lipinski definition) is 2. The summed E-state index contributed by atoms with van der Waals surface area (Å²) in [5, 5.41) is 6.00. The van der Waals surface area contributed by atoms with Crippen molar-refractivity contribution in [3.8, 4) is 0 Å². The summed E-state index contributed by atoms with van der Waals surface area (Å²) in [5.74, 6) is -1.25. The van der Waals surface area contributed by atoms with Gasteiger partial charge >= 0.3 is 5.97 Å². The van der Waals surface area contributed by atoms with E-state index >= 15 is 0 Å². The number of carbonyl (C=O) groups excluding carboxylic acids is 3. The van der Waals surface area contributed by atoms with E-state index in [0.29, 0.717) is 6.42 Å². The van der Waals surface area contributed by atoms with Crippen LogP contribution in [0.3, 0.4) is 0 Å². The summed E-state index contributed by atoms with van der Waals surface area (Å²) in [6.07, 6.45) is 2.64. The van der Waals surface area contributed by atoms with Crippen molar-refractivity contribution in [2.24, 2.45) is 0 Å². The van der Waals surface area contributed by atoms with Gasteiger partial charge in [-0.2, -0.15) is 0 Å². The number of amides is 2. The Balaban J connectivity index is 2.77. The lowest BCUT2D eigenvalue weighted by Crippen LogP contribution is -2.46. The fourth-order valence-electron chi connectivity index (χ4n) is 2.06. The molecule has 1 heterocycles. The quantitative estimate of drug-likeness (QED) is 0.646. The van der Waals surface area contributed by atoms with Crippen LogP contribution in [0.4, 0.5) is 0 Å². The van der Waals surface area contributed by atoms with E-state index in [1.54, 1.807) is 20.8 Å². The summed E-state index contributed by atoms with van der Waals surface area (Å²) >= 11 is 0. The Morgan fingerprint density at radius 3 is 2.50 bits per heavy atom. The van der Waals surface area contributed by atoms with Crippen LogP contribution < -0.4 is 10.6 Å². The summed E-state index contributed by atoms with van der Waals surface area (Å²) in [4.78, 5) is 35.2. The highest BCUT2D eigenvalue weighted by Crippen LogP contribution is 2.11. The molecular formula is C15H24N2O6S. The molecule has 0 aromatic carbocycles. The third kappa shape index (κ3) is 8.09. The van der Waals surface area contributed by atoms with Gasteiger partial charge in [-0.1, -0.05) is 6.08 Å². The zero-order valence-corrected chi connectivity index (χ0v) is 15.1. The first-order chi connectivity index (χ1) is 10.9. The summed E-state index contributed by atoms with van der Waals surface area (Å²) in [5.41, 5.74) is -0.689. The Bertz CT molecular complexity index is 633. The predicted octanol–water partition coefficient (Wildman–Crippen LogP) is 0.0399. The maximum absolute atomic E-state index is 12.1. The molecule has 1 saturated heterocycles. The molecule has 2 amide bonds.